The van der Waals surface area contributed by atoms with Gasteiger partial charge in [-0.05, 0) is 75.0 Å². The zero-order valence-corrected chi connectivity index (χ0v) is 10.2. The largest absolute Gasteiger partial charge is 0.193 e. The first-order valence-electron chi connectivity index (χ1n) is 6.76. The second-order valence-electron chi connectivity index (χ2n) is 6.62. The molecule has 4 fully saturated rings. The maximum absolute atomic E-state index is 8.83. The Bertz CT molecular complexity index is 323. The fourth-order valence-electron chi connectivity index (χ4n) is 4.96. The predicted octanol–water partition coefficient (Wildman–Crippen LogP) is 4.06. The van der Waals surface area contributed by atoms with Crippen molar-refractivity contribution in [2.45, 2.75) is 51.9 Å². The van der Waals surface area contributed by atoms with Gasteiger partial charge in [-0.25, -0.2) is 0 Å². The van der Waals surface area contributed by atoms with Crippen molar-refractivity contribution >= 4 is 0 Å². The molecule has 1 nitrogen and oxygen atoms in total. The Morgan fingerprint density at radius 1 is 1.19 bits per heavy atom. The molecule has 0 aromatic rings. The molecule has 0 aromatic carbocycles. The van der Waals surface area contributed by atoms with E-state index in [4.69, 9.17) is 5.26 Å². The summed E-state index contributed by atoms with van der Waals surface area (Å²) in [5.41, 5.74) is 1.52. The molecule has 0 unspecified atom stereocenters. The van der Waals surface area contributed by atoms with Crippen LogP contribution >= 0.6 is 0 Å². The van der Waals surface area contributed by atoms with Crippen molar-refractivity contribution in [3.05, 3.63) is 11.6 Å². The molecular formula is C15H21N. The number of nitriles is 1. The highest BCUT2D eigenvalue weighted by atomic mass is 14.5. The molecule has 0 aliphatic heterocycles. The third-order valence-corrected chi connectivity index (χ3v) is 5.18. The van der Waals surface area contributed by atoms with E-state index in [0.717, 1.165) is 23.3 Å². The standard InChI is InChI=1S/C15H21N/c1-11(10-16)2-3-15-7-12-4-13(8-15)6-14(5-12)9-15/h2,12-14H,3-9H2,1H3/b11-2-. The van der Waals surface area contributed by atoms with Crippen molar-refractivity contribution < 1.29 is 0 Å². The van der Waals surface area contributed by atoms with Gasteiger partial charge in [-0.3, -0.25) is 0 Å². The Kier molecular flexibility index (Phi) is 2.35. The minimum atomic E-state index is 0.604. The van der Waals surface area contributed by atoms with Gasteiger partial charge in [0, 0.05) is 5.57 Å². The normalized spacial score (nSPS) is 45.8. The maximum atomic E-state index is 8.83. The van der Waals surface area contributed by atoms with Gasteiger partial charge >= 0.3 is 0 Å². The van der Waals surface area contributed by atoms with Crippen LogP contribution in [0.1, 0.15) is 51.9 Å². The molecule has 4 aliphatic carbocycles. The number of hydrogen-bond donors (Lipinski definition) is 0. The molecule has 86 valence electrons. The Balaban J connectivity index is 1.76. The van der Waals surface area contributed by atoms with Gasteiger partial charge < -0.3 is 0 Å². The molecule has 0 saturated heterocycles. The van der Waals surface area contributed by atoms with Crippen LogP contribution in [0.25, 0.3) is 0 Å². The summed E-state index contributed by atoms with van der Waals surface area (Å²) in [5.74, 6) is 3.09. The van der Waals surface area contributed by atoms with Gasteiger partial charge in [0.05, 0.1) is 6.07 Å². The molecule has 0 N–H and O–H groups in total. The van der Waals surface area contributed by atoms with Gasteiger partial charge in [0.1, 0.15) is 0 Å². The van der Waals surface area contributed by atoms with Gasteiger partial charge in [-0.15, -0.1) is 0 Å². The predicted molar refractivity (Wildman–Crippen MR) is 64.6 cm³/mol. The Hall–Kier alpha value is -0.770. The summed E-state index contributed by atoms with van der Waals surface area (Å²) in [6, 6.07) is 2.26. The lowest BCUT2D eigenvalue weighted by Gasteiger charge is -2.56. The van der Waals surface area contributed by atoms with E-state index < -0.39 is 0 Å². The Morgan fingerprint density at radius 3 is 2.12 bits per heavy atom. The topological polar surface area (TPSA) is 23.8 Å². The maximum Gasteiger partial charge on any atom is 0.0940 e. The molecule has 4 aliphatic rings. The van der Waals surface area contributed by atoms with Crippen LogP contribution in [-0.4, -0.2) is 0 Å². The first-order valence-corrected chi connectivity index (χ1v) is 6.76. The van der Waals surface area contributed by atoms with E-state index in [2.05, 4.69) is 12.1 Å². The van der Waals surface area contributed by atoms with Crippen LogP contribution in [0, 0.1) is 34.5 Å². The molecule has 16 heavy (non-hydrogen) atoms. The monoisotopic (exact) mass is 215 g/mol. The molecule has 0 atom stereocenters. The lowest BCUT2D eigenvalue weighted by atomic mass is 9.49. The molecule has 0 heterocycles. The average molecular weight is 215 g/mol. The van der Waals surface area contributed by atoms with Crippen molar-refractivity contribution in [2.75, 3.05) is 0 Å². The zero-order chi connectivity index (χ0) is 11.2. The van der Waals surface area contributed by atoms with Gasteiger partial charge in [0.2, 0.25) is 0 Å². The zero-order valence-electron chi connectivity index (χ0n) is 10.2. The van der Waals surface area contributed by atoms with E-state index in [9.17, 15) is 0 Å². The summed E-state index contributed by atoms with van der Waals surface area (Å²) < 4.78 is 0. The van der Waals surface area contributed by atoms with Crippen LogP contribution in [0.15, 0.2) is 11.6 Å². The molecule has 1 heteroatoms. The van der Waals surface area contributed by atoms with Crippen LogP contribution in [0.5, 0.6) is 0 Å². The smallest absolute Gasteiger partial charge is 0.0940 e. The van der Waals surface area contributed by atoms with Crippen LogP contribution in [0.4, 0.5) is 0 Å². The van der Waals surface area contributed by atoms with E-state index in [1.807, 2.05) is 6.92 Å². The number of rotatable bonds is 2. The summed E-state index contributed by atoms with van der Waals surface area (Å²) in [4.78, 5) is 0. The second kappa shape index (κ2) is 3.62. The molecule has 0 aromatic heterocycles. The van der Waals surface area contributed by atoms with Crippen LogP contribution in [0.2, 0.25) is 0 Å². The highest BCUT2D eigenvalue weighted by Crippen LogP contribution is 2.61. The SMILES string of the molecule is C/C(C#N)=C/CC12CC3CC(CC(C3)C1)C2. The van der Waals surface area contributed by atoms with Crippen molar-refractivity contribution in [2.24, 2.45) is 23.2 Å². The minimum Gasteiger partial charge on any atom is -0.193 e. The second-order valence-corrected chi connectivity index (χ2v) is 6.62. The Labute approximate surface area is 98.5 Å². The summed E-state index contributed by atoms with van der Waals surface area (Å²) >= 11 is 0. The van der Waals surface area contributed by atoms with E-state index in [1.165, 1.54) is 44.9 Å². The third-order valence-electron chi connectivity index (χ3n) is 5.18. The van der Waals surface area contributed by atoms with E-state index in [-0.39, 0.29) is 0 Å². The van der Waals surface area contributed by atoms with Crippen LogP contribution < -0.4 is 0 Å². The van der Waals surface area contributed by atoms with E-state index >= 15 is 0 Å². The number of allylic oxidation sites excluding steroid dienone is 2. The summed E-state index contributed by atoms with van der Waals surface area (Å²) in [5, 5.41) is 8.83. The van der Waals surface area contributed by atoms with E-state index in [1.54, 1.807) is 0 Å². The highest BCUT2D eigenvalue weighted by Gasteiger charge is 2.50. The van der Waals surface area contributed by atoms with Gasteiger partial charge in [-0.2, -0.15) is 5.26 Å². The minimum absolute atomic E-state index is 0.604. The van der Waals surface area contributed by atoms with Crippen molar-refractivity contribution in [3.8, 4) is 6.07 Å². The van der Waals surface area contributed by atoms with E-state index in [0.29, 0.717) is 5.41 Å². The molecule has 0 amide bonds. The fraction of sp³-hybridized carbons (Fsp3) is 0.800. The summed E-state index contributed by atoms with van der Waals surface area (Å²) in [6.45, 7) is 1.94. The molecule has 4 rings (SSSR count). The average Bonchev–Trinajstić information content (AvgIpc) is 2.24. The summed E-state index contributed by atoms with van der Waals surface area (Å²) in [7, 11) is 0. The number of hydrogen-bond acceptors (Lipinski definition) is 1. The van der Waals surface area contributed by atoms with Crippen LogP contribution in [-0.2, 0) is 0 Å². The van der Waals surface area contributed by atoms with Crippen molar-refractivity contribution in [1.82, 2.24) is 0 Å². The van der Waals surface area contributed by atoms with Crippen LogP contribution in [0.3, 0.4) is 0 Å². The molecule has 4 bridgehead atoms. The highest BCUT2D eigenvalue weighted by molar-refractivity contribution is 5.18. The quantitative estimate of drug-likeness (QED) is 0.637. The fourth-order valence-corrected chi connectivity index (χ4v) is 4.96. The molecule has 0 spiro atoms. The van der Waals surface area contributed by atoms with Crippen molar-refractivity contribution in [3.63, 3.8) is 0 Å². The first-order chi connectivity index (χ1) is 7.69. The van der Waals surface area contributed by atoms with Gasteiger partial charge in [0.25, 0.3) is 0 Å². The summed E-state index contributed by atoms with van der Waals surface area (Å²) in [6.07, 6.45) is 12.3. The van der Waals surface area contributed by atoms with Gasteiger partial charge in [-0.1, -0.05) is 6.08 Å². The van der Waals surface area contributed by atoms with Crippen molar-refractivity contribution in [1.29, 1.82) is 5.26 Å². The lowest BCUT2D eigenvalue weighted by molar-refractivity contribution is -0.0507. The molecular weight excluding hydrogens is 194 g/mol. The first kappa shape index (κ1) is 10.4. The Morgan fingerprint density at radius 2 is 1.69 bits per heavy atom. The van der Waals surface area contributed by atoms with Gasteiger partial charge in [0.15, 0.2) is 0 Å². The molecule has 0 radical (unpaired) electrons. The molecule has 4 saturated carbocycles. The third kappa shape index (κ3) is 1.69. The lowest BCUT2D eigenvalue weighted by Crippen LogP contribution is -2.45. The number of nitrogens with zero attached hydrogens (tertiary/aromatic N) is 1.